The Bertz CT molecular complexity index is 856. The van der Waals surface area contributed by atoms with Crippen molar-refractivity contribution in [2.24, 2.45) is 0 Å². The maximum absolute atomic E-state index is 12.0. The van der Waals surface area contributed by atoms with E-state index in [1.807, 2.05) is 30.3 Å². The van der Waals surface area contributed by atoms with Crippen LogP contribution in [0.1, 0.15) is 16.8 Å². The van der Waals surface area contributed by atoms with Crippen molar-refractivity contribution < 1.29 is 13.2 Å². The summed E-state index contributed by atoms with van der Waals surface area (Å²) in [5.74, 6) is 0.0508. The molecule has 1 aromatic heterocycles. The van der Waals surface area contributed by atoms with Gasteiger partial charge in [-0.25, -0.2) is 8.42 Å². The number of fused-ring (bicyclic) bond motifs is 1. The number of hydrogen-bond acceptors (Lipinski definition) is 4. The number of carbonyl (C=O) groups is 1. The molecule has 8 heteroatoms. The Morgan fingerprint density at radius 3 is 2.74 bits per heavy atom. The summed E-state index contributed by atoms with van der Waals surface area (Å²) >= 11 is 0. The molecule has 1 aliphatic heterocycles. The maximum Gasteiger partial charge on any atom is 0.249 e. The first-order chi connectivity index (χ1) is 10.9. The highest BCUT2D eigenvalue weighted by Crippen LogP contribution is 2.28. The van der Waals surface area contributed by atoms with E-state index in [-0.39, 0.29) is 19.0 Å². The quantitative estimate of drug-likeness (QED) is 0.826. The number of aromatic nitrogens is 2. The van der Waals surface area contributed by atoms with Crippen LogP contribution in [0.15, 0.2) is 36.4 Å². The Morgan fingerprint density at radius 1 is 1.30 bits per heavy atom. The fourth-order valence-corrected chi connectivity index (χ4v) is 3.07. The Balaban J connectivity index is 1.69. The molecule has 0 bridgehead atoms. The zero-order valence-corrected chi connectivity index (χ0v) is 13.3. The largest absolute Gasteiger partial charge is 0.305 e. The molecule has 0 spiro atoms. The Labute approximate surface area is 134 Å². The van der Waals surface area contributed by atoms with E-state index in [1.165, 1.54) is 10.4 Å². The van der Waals surface area contributed by atoms with E-state index < -0.39 is 10.0 Å². The highest BCUT2D eigenvalue weighted by Gasteiger charge is 2.30. The highest BCUT2D eigenvalue weighted by atomic mass is 32.2. The van der Waals surface area contributed by atoms with Gasteiger partial charge in [0, 0.05) is 18.2 Å². The van der Waals surface area contributed by atoms with Crippen LogP contribution in [0.4, 0.5) is 5.82 Å². The molecule has 0 unspecified atom stereocenters. The van der Waals surface area contributed by atoms with Gasteiger partial charge in [-0.05, 0) is 11.6 Å². The van der Waals surface area contributed by atoms with Crippen LogP contribution in [0.2, 0.25) is 0 Å². The molecule has 1 aromatic carbocycles. The normalized spacial score (nSPS) is 15.0. The van der Waals surface area contributed by atoms with Crippen molar-refractivity contribution in [3.8, 4) is 0 Å². The minimum atomic E-state index is -3.27. The lowest BCUT2D eigenvalue weighted by molar-refractivity contribution is -0.111. The van der Waals surface area contributed by atoms with Crippen molar-refractivity contribution in [1.29, 1.82) is 0 Å². The average Bonchev–Trinajstić information content (AvgIpc) is 3.08. The summed E-state index contributed by atoms with van der Waals surface area (Å²) in [4.78, 5) is 12.0. The van der Waals surface area contributed by atoms with Crippen LogP contribution >= 0.6 is 0 Å². The zero-order chi connectivity index (χ0) is 16.4. The second-order valence-corrected chi connectivity index (χ2v) is 7.28. The molecule has 0 atom stereocenters. The van der Waals surface area contributed by atoms with Gasteiger partial charge in [-0.2, -0.15) is 9.40 Å². The minimum absolute atomic E-state index is 0.211. The summed E-state index contributed by atoms with van der Waals surface area (Å²) in [7, 11) is -3.27. The van der Waals surface area contributed by atoms with Gasteiger partial charge < -0.3 is 5.32 Å². The summed E-state index contributed by atoms with van der Waals surface area (Å²) in [5, 5.41) is 9.48. The fourth-order valence-electron chi connectivity index (χ4n) is 2.34. The SMILES string of the molecule is CS(=O)(=O)N1Cc2[nH]nc(NC(=O)/C=C\c3ccccc3)c2C1. The predicted octanol–water partition coefficient (Wildman–Crippen LogP) is 1.34. The van der Waals surface area contributed by atoms with Gasteiger partial charge >= 0.3 is 0 Å². The summed E-state index contributed by atoms with van der Waals surface area (Å²) < 4.78 is 24.5. The van der Waals surface area contributed by atoms with Crippen LogP contribution in [-0.2, 0) is 27.9 Å². The first-order valence-electron chi connectivity index (χ1n) is 6.99. The van der Waals surface area contributed by atoms with Gasteiger partial charge in [-0.3, -0.25) is 9.89 Å². The van der Waals surface area contributed by atoms with Gasteiger partial charge in [-0.1, -0.05) is 30.3 Å². The molecular weight excluding hydrogens is 316 g/mol. The average molecular weight is 332 g/mol. The molecule has 0 radical (unpaired) electrons. The molecule has 3 rings (SSSR count). The lowest BCUT2D eigenvalue weighted by Gasteiger charge is -2.11. The molecule has 120 valence electrons. The van der Waals surface area contributed by atoms with Gasteiger partial charge in [0.15, 0.2) is 5.82 Å². The molecule has 0 saturated heterocycles. The van der Waals surface area contributed by atoms with E-state index >= 15 is 0 Å². The Hall–Kier alpha value is -2.45. The van der Waals surface area contributed by atoms with Crippen LogP contribution in [0.5, 0.6) is 0 Å². The number of nitrogens with one attached hydrogen (secondary N) is 2. The van der Waals surface area contributed by atoms with Crippen molar-refractivity contribution in [3.63, 3.8) is 0 Å². The van der Waals surface area contributed by atoms with Crippen LogP contribution in [0.3, 0.4) is 0 Å². The molecule has 0 saturated carbocycles. The molecule has 7 nitrogen and oxygen atoms in total. The molecule has 1 amide bonds. The van der Waals surface area contributed by atoms with E-state index in [0.29, 0.717) is 17.1 Å². The fraction of sp³-hybridized carbons (Fsp3) is 0.200. The minimum Gasteiger partial charge on any atom is -0.305 e. The Morgan fingerprint density at radius 2 is 2.04 bits per heavy atom. The van der Waals surface area contributed by atoms with Crippen LogP contribution in [-0.4, -0.2) is 35.1 Å². The molecule has 2 aromatic rings. The summed E-state index contributed by atoms with van der Waals surface area (Å²) in [6.07, 6.45) is 4.28. The molecule has 2 N–H and O–H groups in total. The van der Waals surface area contributed by atoms with Crippen molar-refractivity contribution in [1.82, 2.24) is 14.5 Å². The number of sulfonamides is 1. The number of anilines is 1. The van der Waals surface area contributed by atoms with Crippen molar-refractivity contribution >= 4 is 27.8 Å². The van der Waals surface area contributed by atoms with Gasteiger partial charge in [0.2, 0.25) is 15.9 Å². The van der Waals surface area contributed by atoms with E-state index in [0.717, 1.165) is 11.8 Å². The van der Waals surface area contributed by atoms with Crippen molar-refractivity contribution in [2.75, 3.05) is 11.6 Å². The summed E-state index contributed by atoms with van der Waals surface area (Å²) in [6, 6.07) is 9.45. The highest BCUT2D eigenvalue weighted by molar-refractivity contribution is 7.88. The molecule has 0 fully saturated rings. The number of amides is 1. The van der Waals surface area contributed by atoms with Crippen LogP contribution in [0, 0.1) is 0 Å². The molecule has 0 aliphatic carbocycles. The number of H-pyrrole nitrogens is 1. The zero-order valence-electron chi connectivity index (χ0n) is 12.5. The topological polar surface area (TPSA) is 95.2 Å². The van der Waals surface area contributed by atoms with Crippen LogP contribution < -0.4 is 5.32 Å². The molecular formula is C15H16N4O3S. The van der Waals surface area contributed by atoms with E-state index in [2.05, 4.69) is 15.5 Å². The Kier molecular flexibility index (Phi) is 4.01. The number of aromatic amines is 1. The molecule has 1 aliphatic rings. The lowest BCUT2D eigenvalue weighted by Crippen LogP contribution is -2.24. The summed E-state index contributed by atoms with van der Waals surface area (Å²) in [6.45, 7) is 0.458. The van der Waals surface area contributed by atoms with Gasteiger partial charge in [0.25, 0.3) is 0 Å². The molecule has 23 heavy (non-hydrogen) atoms. The van der Waals surface area contributed by atoms with Gasteiger partial charge in [0.05, 0.1) is 18.5 Å². The third-order valence-electron chi connectivity index (χ3n) is 3.56. The first kappa shape index (κ1) is 15.4. The van der Waals surface area contributed by atoms with Gasteiger partial charge in [-0.15, -0.1) is 0 Å². The van der Waals surface area contributed by atoms with E-state index in [4.69, 9.17) is 0 Å². The predicted molar refractivity (Wildman–Crippen MR) is 86.8 cm³/mol. The van der Waals surface area contributed by atoms with Crippen LogP contribution in [0.25, 0.3) is 6.08 Å². The van der Waals surface area contributed by atoms with Crippen molar-refractivity contribution in [2.45, 2.75) is 13.1 Å². The number of rotatable bonds is 4. The third-order valence-corrected chi connectivity index (χ3v) is 4.76. The lowest BCUT2D eigenvalue weighted by atomic mass is 10.2. The second kappa shape index (κ2) is 5.98. The second-order valence-electron chi connectivity index (χ2n) is 5.29. The van der Waals surface area contributed by atoms with E-state index in [9.17, 15) is 13.2 Å². The molecule has 2 heterocycles. The standard InChI is InChI=1S/C15H16N4O3S/c1-23(21,22)19-9-12-13(10-19)17-18-15(12)16-14(20)8-7-11-5-3-2-4-6-11/h2-8H,9-10H2,1H3,(H2,16,17,18,20)/b8-7-. The first-order valence-corrected chi connectivity index (χ1v) is 8.83. The third kappa shape index (κ3) is 3.49. The number of benzene rings is 1. The van der Waals surface area contributed by atoms with Gasteiger partial charge in [0.1, 0.15) is 0 Å². The number of nitrogens with zero attached hydrogens (tertiary/aromatic N) is 2. The summed E-state index contributed by atoms with van der Waals surface area (Å²) in [5.41, 5.74) is 2.33. The monoisotopic (exact) mass is 332 g/mol. The smallest absolute Gasteiger partial charge is 0.249 e. The number of hydrogen-bond donors (Lipinski definition) is 2. The maximum atomic E-state index is 12.0. The van der Waals surface area contributed by atoms with Crippen molar-refractivity contribution in [3.05, 3.63) is 53.2 Å². The number of carbonyl (C=O) groups excluding carboxylic acids is 1. The van der Waals surface area contributed by atoms with E-state index in [1.54, 1.807) is 6.08 Å².